The summed E-state index contributed by atoms with van der Waals surface area (Å²) in [6.45, 7) is 3.43. The molecule has 0 N–H and O–H groups in total. The molecule has 1 atom stereocenters. The predicted octanol–water partition coefficient (Wildman–Crippen LogP) is 1.06. The molecular weight excluding hydrogens is 200 g/mol. The number of cyclic esters (lactones) is 1. The van der Waals surface area contributed by atoms with Gasteiger partial charge in [0.1, 0.15) is 0 Å². The largest absolute Gasteiger partial charge is 0.432 e. The molecule has 1 heterocycles. The van der Waals surface area contributed by atoms with Gasteiger partial charge < -0.3 is 18.9 Å². The first-order chi connectivity index (χ1) is 6.98. The number of rotatable bonds is 5. The van der Waals surface area contributed by atoms with Gasteiger partial charge in [0.15, 0.2) is 12.4 Å². The van der Waals surface area contributed by atoms with Crippen LogP contribution in [-0.4, -0.2) is 38.4 Å². The summed E-state index contributed by atoms with van der Waals surface area (Å²) in [6.07, 6.45) is 0.329. The van der Waals surface area contributed by atoms with E-state index in [1.165, 1.54) is 0 Å². The maximum absolute atomic E-state index is 11.4. The van der Waals surface area contributed by atoms with Gasteiger partial charge in [0.05, 0.1) is 0 Å². The van der Waals surface area contributed by atoms with Crippen molar-refractivity contribution in [2.45, 2.75) is 44.9 Å². The topological polar surface area (TPSA) is 54.0 Å². The number of carbonyl (C=O) groups is 1. The average molecular weight is 218 g/mol. The van der Waals surface area contributed by atoms with E-state index in [2.05, 4.69) is 0 Å². The fraction of sp³-hybridized carbons (Fsp3) is 0.900. The smallest absolute Gasteiger partial charge is 0.337 e. The molecule has 15 heavy (non-hydrogen) atoms. The Morgan fingerprint density at radius 3 is 2.40 bits per heavy atom. The molecule has 88 valence electrons. The van der Waals surface area contributed by atoms with Crippen molar-refractivity contribution in [3.63, 3.8) is 0 Å². The van der Waals surface area contributed by atoms with Crippen molar-refractivity contribution in [1.82, 2.24) is 0 Å². The van der Waals surface area contributed by atoms with Crippen LogP contribution in [0, 0.1) is 0 Å². The van der Waals surface area contributed by atoms with E-state index in [1.54, 1.807) is 28.1 Å². The lowest BCUT2D eigenvalue weighted by atomic mass is 10.2. The van der Waals surface area contributed by atoms with E-state index in [0.717, 1.165) is 0 Å². The molecule has 0 bridgehead atoms. The van der Waals surface area contributed by atoms with Crippen LogP contribution in [-0.2, 0) is 23.7 Å². The van der Waals surface area contributed by atoms with Crippen LogP contribution < -0.4 is 0 Å². The Bertz CT molecular complexity index is 222. The van der Waals surface area contributed by atoms with E-state index in [-0.39, 0.29) is 12.3 Å². The summed E-state index contributed by atoms with van der Waals surface area (Å²) < 4.78 is 20.5. The molecule has 0 aromatic heterocycles. The Kier molecular flexibility index (Phi) is 4.07. The highest BCUT2D eigenvalue weighted by atomic mass is 16.8. The van der Waals surface area contributed by atoms with Crippen LogP contribution in [0.4, 0.5) is 0 Å². The molecule has 1 rings (SSSR count). The van der Waals surface area contributed by atoms with E-state index in [4.69, 9.17) is 18.9 Å². The SMILES string of the molecule is COC(CC[C@H]1OC(C)(C)OC1=O)OC. The first kappa shape index (κ1) is 12.4. The molecule has 0 amide bonds. The monoisotopic (exact) mass is 218 g/mol. The van der Waals surface area contributed by atoms with Gasteiger partial charge in [-0.15, -0.1) is 0 Å². The highest BCUT2D eigenvalue weighted by Crippen LogP contribution is 2.26. The zero-order valence-electron chi connectivity index (χ0n) is 9.61. The fourth-order valence-electron chi connectivity index (χ4n) is 1.52. The Morgan fingerprint density at radius 2 is 2.00 bits per heavy atom. The molecule has 0 spiro atoms. The molecule has 5 nitrogen and oxygen atoms in total. The normalized spacial score (nSPS) is 24.6. The highest BCUT2D eigenvalue weighted by molar-refractivity contribution is 5.76. The molecule has 0 aromatic rings. The third-order valence-corrected chi connectivity index (χ3v) is 2.23. The van der Waals surface area contributed by atoms with Crippen molar-refractivity contribution in [2.75, 3.05) is 14.2 Å². The number of ether oxygens (including phenoxy) is 4. The molecule has 0 radical (unpaired) electrons. The maximum Gasteiger partial charge on any atom is 0.337 e. The predicted molar refractivity (Wildman–Crippen MR) is 52.1 cm³/mol. The summed E-state index contributed by atoms with van der Waals surface area (Å²) >= 11 is 0. The van der Waals surface area contributed by atoms with Gasteiger partial charge in [-0.3, -0.25) is 0 Å². The second-order valence-electron chi connectivity index (χ2n) is 3.91. The number of esters is 1. The molecule has 0 aliphatic carbocycles. The Labute approximate surface area is 89.6 Å². The molecule has 1 aliphatic heterocycles. The molecule has 5 heteroatoms. The Balaban J connectivity index is 2.37. The van der Waals surface area contributed by atoms with Crippen LogP contribution in [0.1, 0.15) is 26.7 Å². The van der Waals surface area contributed by atoms with Gasteiger partial charge in [-0.1, -0.05) is 0 Å². The minimum absolute atomic E-state index is 0.301. The van der Waals surface area contributed by atoms with Gasteiger partial charge in [0.2, 0.25) is 5.79 Å². The summed E-state index contributed by atoms with van der Waals surface area (Å²) in [5, 5.41) is 0. The summed E-state index contributed by atoms with van der Waals surface area (Å²) in [5.74, 6) is -1.12. The lowest BCUT2D eigenvalue weighted by molar-refractivity contribution is -0.161. The molecule has 0 saturated carbocycles. The summed E-state index contributed by atoms with van der Waals surface area (Å²) in [4.78, 5) is 11.4. The van der Waals surface area contributed by atoms with Gasteiger partial charge in [0, 0.05) is 34.5 Å². The Hall–Kier alpha value is -0.650. The van der Waals surface area contributed by atoms with Crippen LogP contribution >= 0.6 is 0 Å². The number of hydrogen-bond acceptors (Lipinski definition) is 5. The summed E-state index contributed by atoms with van der Waals surface area (Å²) in [7, 11) is 3.12. The van der Waals surface area contributed by atoms with E-state index in [1.807, 2.05) is 0 Å². The van der Waals surface area contributed by atoms with Crippen LogP contribution in [0.3, 0.4) is 0 Å². The first-order valence-electron chi connectivity index (χ1n) is 4.95. The number of hydrogen-bond donors (Lipinski definition) is 0. The van der Waals surface area contributed by atoms with Gasteiger partial charge in [-0.05, 0) is 6.42 Å². The molecular formula is C10H18O5. The maximum atomic E-state index is 11.4. The number of carbonyl (C=O) groups excluding carboxylic acids is 1. The fourth-order valence-corrected chi connectivity index (χ4v) is 1.52. The molecule has 0 unspecified atom stereocenters. The Morgan fingerprint density at radius 1 is 1.40 bits per heavy atom. The van der Waals surface area contributed by atoms with Crippen molar-refractivity contribution < 1.29 is 23.7 Å². The zero-order chi connectivity index (χ0) is 11.5. The first-order valence-corrected chi connectivity index (χ1v) is 4.95. The zero-order valence-corrected chi connectivity index (χ0v) is 9.61. The minimum Gasteiger partial charge on any atom is -0.432 e. The van der Waals surface area contributed by atoms with E-state index in [0.29, 0.717) is 12.8 Å². The van der Waals surface area contributed by atoms with Crippen molar-refractivity contribution in [3.05, 3.63) is 0 Å². The minimum atomic E-state index is -0.808. The molecule has 0 aromatic carbocycles. The van der Waals surface area contributed by atoms with Gasteiger partial charge in [-0.2, -0.15) is 0 Å². The summed E-state index contributed by atoms with van der Waals surface area (Å²) in [5.41, 5.74) is 0. The van der Waals surface area contributed by atoms with Gasteiger partial charge in [-0.25, -0.2) is 4.79 Å². The van der Waals surface area contributed by atoms with Crippen molar-refractivity contribution in [1.29, 1.82) is 0 Å². The average Bonchev–Trinajstić information content (AvgIpc) is 2.41. The standard InChI is InChI=1S/C10H18O5/c1-10(2)14-7(9(11)15-10)5-6-8(12-3)13-4/h7-8H,5-6H2,1-4H3/t7-/m1/s1. The quantitative estimate of drug-likeness (QED) is 0.510. The second kappa shape index (κ2) is 4.92. The second-order valence-corrected chi connectivity index (χ2v) is 3.91. The van der Waals surface area contributed by atoms with E-state index >= 15 is 0 Å². The lowest BCUT2D eigenvalue weighted by Crippen LogP contribution is -2.23. The van der Waals surface area contributed by atoms with Crippen LogP contribution in [0.25, 0.3) is 0 Å². The molecule has 1 saturated heterocycles. The van der Waals surface area contributed by atoms with Crippen LogP contribution in [0.2, 0.25) is 0 Å². The van der Waals surface area contributed by atoms with Gasteiger partial charge in [0.25, 0.3) is 0 Å². The van der Waals surface area contributed by atoms with Crippen molar-refractivity contribution in [3.8, 4) is 0 Å². The molecule has 1 fully saturated rings. The third-order valence-electron chi connectivity index (χ3n) is 2.23. The third kappa shape index (κ3) is 3.44. The van der Waals surface area contributed by atoms with Crippen LogP contribution in [0.15, 0.2) is 0 Å². The van der Waals surface area contributed by atoms with Crippen molar-refractivity contribution in [2.24, 2.45) is 0 Å². The summed E-state index contributed by atoms with van der Waals surface area (Å²) in [6, 6.07) is 0. The van der Waals surface area contributed by atoms with Gasteiger partial charge >= 0.3 is 5.97 Å². The lowest BCUT2D eigenvalue weighted by Gasteiger charge is -2.16. The molecule has 1 aliphatic rings. The van der Waals surface area contributed by atoms with Crippen molar-refractivity contribution >= 4 is 5.97 Å². The van der Waals surface area contributed by atoms with E-state index in [9.17, 15) is 4.79 Å². The highest BCUT2D eigenvalue weighted by Gasteiger charge is 2.40. The van der Waals surface area contributed by atoms with Crippen LogP contribution in [0.5, 0.6) is 0 Å². The van der Waals surface area contributed by atoms with E-state index < -0.39 is 11.9 Å². The number of methoxy groups -OCH3 is 2.